The number of hydrogen-bond acceptors (Lipinski definition) is 1. The second kappa shape index (κ2) is 3.17. The van der Waals surface area contributed by atoms with Crippen LogP contribution in [0.1, 0.15) is 0 Å². The Kier molecular flexibility index (Phi) is 2.66. The van der Waals surface area contributed by atoms with Crippen LogP contribution in [0, 0.1) is 0 Å². The average Bonchev–Trinajstić information content (AvgIpc) is 2.82. The van der Waals surface area contributed by atoms with Gasteiger partial charge in [0.25, 0.3) is 0 Å². The zero-order valence-corrected chi connectivity index (χ0v) is 7.09. The Balaban J connectivity index is 3.09. The number of hydrogen-bond donors (Lipinski definition) is 0. The summed E-state index contributed by atoms with van der Waals surface area (Å²) < 4.78 is 113. The molecule has 1 aliphatic heterocycles. The van der Waals surface area contributed by atoms with E-state index in [-0.39, 0.29) is 0 Å². The SMILES string of the molecule is FC(F)(F)C(F)(F)C(F)(F)C(F)(F)C1CO1. The van der Waals surface area contributed by atoms with Crippen molar-refractivity contribution in [2.24, 2.45) is 0 Å². The molecule has 0 aromatic carbocycles. The Morgan fingerprint density at radius 2 is 1.12 bits per heavy atom. The van der Waals surface area contributed by atoms with Crippen molar-refractivity contribution in [2.75, 3.05) is 6.61 Å². The monoisotopic (exact) mass is 262 g/mol. The summed E-state index contributed by atoms with van der Waals surface area (Å²) in [6, 6.07) is 0. The molecule has 0 aromatic rings. The summed E-state index contributed by atoms with van der Waals surface area (Å²) in [4.78, 5) is 0. The summed E-state index contributed by atoms with van der Waals surface area (Å²) in [6.07, 6.45) is -9.38. The van der Waals surface area contributed by atoms with Crippen LogP contribution in [0.4, 0.5) is 39.5 Å². The largest absolute Gasteiger partial charge is 0.460 e. The van der Waals surface area contributed by atoms with Gasteiger partial charge in [0, 0.05) is 0 Å². The fourth-order valence-corrected chi connectivity index (χ4v) is 0.847. The first kappa shape index (κ1) is 13.4. The molecule has 1 fully saturated rings. The molecule has 1 rings (SSSR count). The highest BCUT2D eigenvalue weighted by molar-refractivity contribution is 5.06. The molecule has 1 unspecified atom stereocenters. The molecule has 0 aliphatic carbocycles. The maximum Gasteiger partial charge on any atom is 0.460 e. The fourth-order valence-electron chi connectivity index (χ4n) is 0.847. The van der Waals surface area contributed by atoms with Crippen LogP contribution in [0.25, 0.3) is 0 Å². The molecule has 10 heteroatoms. The summed E-state index contributed by atoms with van der Waals surface area (Å²) in [5, 5.41) is 0. The second-order valence-corrected chi connectivity index (χ2v) is 3.09. The van der Waals surface area contributed by atoms with E-state index < -0.39 is 36.7 Å². The minimum absolute atomic E-state index is 0.990. The van der Waals surface area contributed by atoms with Crippen LogP contribution in [0.15, 0.2) is 0 Å². The van der Waals surface area contributed by atoms with Crippen LogP contribution >= 0.6 is 0 Å². The molecule has 0 bridgehead atoms. The summed E-state index contributed by atoms with van der Waals surface area (Å²) in [7, 11) is 0. The van der Waals surface area contributed by atoms with Gasteiger partial charge in [-0.05, 0) is 0 Å². The van der Waals surface area contributed by atoms with E-state index in [1.165, 1.54) is 0 Å². The van der Waals surface area contributed by atoms with Gasteiger partial charge in [0.2, 0.25) is 0 Å². The molecule has 1 atom stereocenters. The average molecular weight is 262 g/mol. The number of rotatable bonds is 3. The van der Waals surface area contributed by atoms with E-state index in [9.17, 15) is 39.5 Å². The van der Waals surface area contributed by atoms with Crippen molar-refractivity contribution in [3.05, 3.63) is 0 Å². The first-order chi connectivity index (χ1) is 6.86. The van der Waals surface area contributed by atoms with E-state index in [0.717, 1.165) is 0 Å². The first-order valence-corrected chi connectivity index (χ1v) is 3.67. The standard InChI is InChI=1S/C6H3F9O/c7-3(8,2-1-16-2)4(9,10)5(11,12)6(13,14)15/h2H,1H2. The molecule has 96 valence electrons. The zero-order valence-electron chi connectivity index (χ0n) is 7.09. The minimum atomic E-state index is -6.82. The van der Waals surface area contributed by atoms with Gasteiger partial charge in [-0.25, -0.2) is 0 Å². The van der Waals surface area contributed by atoms with E-state index in [2.05, 4.69) is 4.74 Å². The van der Waals surface area contributed by atoms with Gasteiger partial charge in [0.05, 0.1) is 6.61 Å². The maximum atomic E-state index is 12.6. The van der Waals surface area contributed by atoms with Crippen molar-refractivity contribution in [1.29, 1.82) is 0 Å². The van der Waals surface area contributed by atoms with Gasteiger partial charge in [0.15, 0.2) is 6.10 Å². The highest BCUT2D eigenvalue weighted by atomic mass is 19.4. The van der Waals surface area contributed by atoms with Gasteiger partial charge in [-0.1, -0.05) is 0 Å². The van der Waals surface area contributed by atoms with Crippen LogP contribution in [0.3, 0.4) is 0 Å². The fraction of sp³-hybridized carbons (Fsp3) is 1.00. The molecule has 1 heterocycles. The van der Waals surface area contributed by atoms with E-state index >= 15 is 0 Å². The maximum absolute atomic E-state index is 12.6. The molecule has 0 aromatic heterocycles. The van der Waals surface area contributed by atoms with Crippen molar-refractivity contribution >= 4 is 0 Å². The van der Waals surface area contributed by atoms with E-state index in [1.807, 2.05) is 0 Å². The molecule has 0 radical (unpaired) electrons. The Morgan fingerprint density at radius 1 is 0.750 bits per heavy atom. The molecule has 1 saturated heterocycles. The second-order valence-electron chi connectivity index (χ2n) is 3.09. The van der Waals surface area contributed by atoms with Gasteiger partial charge < -0.3 is 4.74 Å². The lowest BCUT2D eigenvalue weighted by molar-refractivity contribution is -0.397. The Morgan fingerprint density at radius 3 is 1.38 bits per heavy atom. The first-order valence-electron chi connectivity index (χ1n) is 3.67. The molecule has 0 saturated carbocycles. The molecule has 0 amide bonds. The Hall–Kier alpha value is -0.670. The van der Waals surface area contributed by atoms with Crippen molar-refractivity contribution in [2.45, 2.75) is 30.0 Å². The highest BCUT2D eigenvalue weighted by Gasteiger charge is 2.84. The zero-order chi connectivity index (χ0) is 13.0. The van der Waals surface area contributed by atoms with Crippen LogP contribution < -0.4 is 0 Å². The molecular weight excluding hydrogens is 259 g/mol. The topological polar surface area (TPSA) is 12.5 Å². The predicted molar refractivity (Wildman–Crippen MR) is 30.6 cm³/mol. The highest BCUT2D eigenvalue weighted by Crippen LogP contribution is 2.55. The van der Waals surface area contributed by atoms with Crippen molar-refractivity contribution in [3.8, 4) is 0 Å². The lowest BCUT2D eigenvalue weighted by Gasteiger charge is -2.32. The predicted octanol–water partition coefficient (Wildman–Crippen LogP) is 2.85. The van der Waals surface area contributed by atoms with Crippen molar-refractivity contribution < 1.29 is 44.3 Å². The summed E-state index contributed by atoms with van der Waals surface area (Å²) in [5.41, 5.74) is 0. The van der Waals surface area contributed by atoms with Crippen LogP contribution in [0.5, 0.6) is 0 Å². The molecule has 0 spiro atoms. The number of halogens is 9. The third kappa shape index (κ3) is 1.62. The quantitative estimate of drug-likeness (QED) is 0.562. The van der Waals surface area contributed by atoms with Crippen LogP contribution in [-0.4, -0.2) is 36.7 Å². The van der Waals surface area contributed by atoms with Crippen LogP contribution in [0.2, 0.25) is 0 Å². The van der Waals surface area contributed by atoms with Crippen molar-refractivity contribution in [3.63, 3.8) is 0 Å². The van der Waals surface area contributed by atoms with Crippen molar-refractivity contribution in [1.82, 2.24) is 0 Å². The lowest BCUT2D eigenvalue weighted by Crippen LogP contribution is -2.62. The molecule has 1 aliphatic rings. The van der Waals surface area contributed by atoms with Gasteiger partial charge in [0.1, 0.15) is 0 Å². The number of epoxide rings is 1. The van der Waals surface area contributed by atoms with Crippen LogP contribution in [-0.2, 0) is 4.74 Å². The summed E-state index contributed by atoms with van der Waals surface area (Å²) in [5.74, 6) is -19.0. The molecule has 1 nitrogen and oxygen atoms in total. The molecule has 16 heavy (non-hydrogen) atoms. The third-order valence-electron chi connectivity index (χ3n) is 1.91. The minimum Gasteiger partial charge on any atom is -0.366 e. The molecule has 0 N–H and O–H groups in total. The third-order valence-corrected chi connectivity index (χ3v) is 1.91. The smallest absolute Gasteiger partial charge is 0.366 e. The van der Waals surface area contributed by atoms with E-state index in [0.29, 0.717) is 0 Å². The van der Waals surface area contributed by atoms with Gasteiger partial charge in [-0.3, -0.25) is 0 Å². The van der Waals surface area contributed by atoms with Gasteiger partial charge in [-0.15, -0.1) is 0 Å². The van der Waals surface area contributed by atoms with Gasteiger partial charge in [-0.2, -0.15) is 39.5 Å². The Bertz CT molecular complexity index is 276. The van der Waals surface area contributed by atoms with E-state index in [4.69, 9.17) is 0 Å². The van der Waals surface area contributed by atoms with Gasteiger partial charge >= 0.3 is 23.9 Å². The molecular formula is C6H3F9O. The summed E-state index contributed by atoms with van der Waals surface area (Å²) in [6.45, 7) is -0.990. The normalized spacial score (nSPS) is 23.4. The van der Waals surface area contributed by atoms with E-state index in [1.54, 1.807) is 0 Å². The Labute approximate surface area is 82.2 Å². The lowest BCUT2D eigenvalue weighted by atomic mass is 10.0. The number of alkyl halides is 9. The summed E-state index contributed by atoms with van der Waals surface area (Å²) >= 11 is 0. The number of ether oxygens (including phenoxy) is 1.